The lowest BCUT2D eigenvalue weighted by Crippen LogP contribution is -2.31. The molecule has 0 radical (unpaired) electrons. The molecule has 1 atom stereocenters. The van der Waals surface area contributed by atoms with Crippen LogP contribution in [-0.2, 0) is 10.0 Å². The Hall–Kier alpha value is -2.84. The number of sulfonamides is 1. The van der Waals surface area contributed by atoms with Crippen LogP contribution in [-0.4, -0.2) is 30.7 Å². The van der Waals surface area contributed by atoms with Gasteiger partial charge < -0.3 is 5.32 Å². The second-order valence-electron chi connectivity index (χ2n) is 7.84. The number of anilines is 2. The largest absolute Gasteiger partial charge is 0.307 e. The molecule has 1 amide bonds. The number of para-hydroxylation sites is 1. The van der Waals surface area contributed by atoms with Crippen molar-refractivity contribution in [3.8, 4) is 0 Å². The van der Waals surface area contributed by atoms with Crippen LogP contribution in [0.25, 0.3) is 0 Å². The molecule has 1 saturated carbocycles. The second-order valence-corrected chi connectivity index (χ2v) is 10.1. The molecule has 1 aliphatic carbocycles. The Morgan fingerprint density at radius 1 is 1.22 bits per heavy atom. The van der Waals surface area contributed by atoms with Crippen LogP contribution < -0.4 is 9.62 Å². The summed E-state index contributed by atoms with van der Waals surface area (Å²) < 4.78 is 29.7. The van der Waals surface area contributed by atoms with E-state index in [1.165, 1.54) is 22.5 Å². The summed E-state index contributed by atoms with van der Waals surface area (Å²) >= 11 is 6.28. The third-order valence-electron chi connectivity index (χ3n) is 5.70. The molecule has 0 bridgehead atoms. The molecule has 0 spiro atoms. The summed E-state index contributed by atoms with van der Waals surface area (Å²) in [4.78, 5) is 13.0. The molecular weight excluding hydrogens is 448 g/mol. The number of carbonyl (C=O) groups excluding carboxylic acids is 1. The quantitative estimate of drug-likeness (QED) is 0.501. The highest BCUT2D eigenvalue weighted by molar-refractivity contribution is 7.92. The Morgan fingerprint density at radius 2 is 1.94 bits per heavy atom. The van der Waals surface area contributed by atoms with E-state index < -0.39 is 15.9 Å². The van der Waals surface area contributed by atoms with Gasteiger partial charge in [0.2, 0.25) is 0 Å². The molecule has 4 rings (SSSR count). The molecule has 0 aliphatic heterocycles. The van der Waals surface area contributed by atoms with E-state index in [4.69, 9.17) is 11.6 Å². The molecule has 32 heavy (non-hydrogen) atoms. The molecule has 2 aromatic carbocycles. The number of hydrogen-bond donors (Lipinski definition) is 1. The van der Waals surface area contributed by atoms with E-state index in [-0.39, 0.29) is 28.1 Å². The number of aromatic nitrogens is 2. The van der Waals surface area contributed by atoms with Gasteiger partial charge in [0.1, 0.15) is 5.82 Å². The number of rotatable bonds is 8. The van der Waals surface area contributed by atoms with Crippen molar-refractivity contribution in [2.75, 3.05) is 16.2 Å². The van der Waals surface area contributed by atoms with E-state index in [1.54, 1.807) is 48.1 Å². The van der Waals surface area contributed by atoms with Crippen molar-refractivity contribution in [1.29, 1.82) is 0 Å². The molecule has 1 aliphatic rings. The zero-order valence-electron chi connectivity index (χ0n) is 17.9. The Bertz CT molecular complexity index is 1220. The number of nitrogens with one attached hydrogen (secondary N) is 1. The molecular formula is C23H25ClN4O3S. The number of nitrogens with zero attached hydrogens (tertiary/aromatic N) is 3. The van der Waals surface area contributed by atoms with E-state index in [9.17, 15) is 13.2 Å². The fourth-order valence-corrected chi connectivity index (χ4v) is 5.46. The fourth-order valence-electron chi connectivity index (χ4n) is 3.75. The standard InChI is InChI=1S/C23H25ClN4O3S/c1-3-27(18-7-5-4-6-8-18)32(30,31)19-11-12-21(24)20(15-19)23(29)26-22-13-14-25-28(22)16(2)17-9-10-17/h4-8,11-17H,3,9-10H2,1-2H3,(H,26,29). The van der Waals surface area contributed by atoms with Gasteiger partial charge in [0.25, 0.3) is 15.9 Å². The summed E-state index contributed by atoms with van der Waals surface area (Å²) in [5.41, 5.74) is 0.637. The Labute approximate surface area is 193 Å². The predicted octanol–water partition coefficient (Wildman–Crippen LogP) is 4.98. The lowest BCUT2D eigenvalue weighted by Gasteiger charge is -2.23. The zero-order valence-corrected chi connectivity index (χ0v) is 19.5. The minimum atomic E-state index is -3.89. The van der Waals surface area contributed by atoms with E-state index in [2.05, 4.69) is 17.3 Å². The maximum Gasteiger partial charge on any atom is 0.264 e. The molecule has 1 N–H and O–H groups in total. The van der Waals surface area contributed by atoms with Gasteiger partial charge in [0.05, 0.1) is 33.4 Å². The molecule has 0 saturated heterocycles. The summed E-state index contributed by atoms with van der Waals surface area (Å²) in [5.74, 6) is 0.623. The van der Waals surface area contributed by atoms with Crippen LogP contribution in [0.4, 0.5) is 11.5 Å². The van der Waals surface area contributed by atoms with Gasteiger partial charge in [-0.2, -0.15) is 5.10 Å². The van der Waals surface area contributed by atoms with Crippen LogP contribution in [0.3, 0.4) is 0 Å². The average Bonchev–Trinajstić information content (AvgIpc) is 3.53. The van der Waals surface area contributed by atoms with E-state index in [0.717, 1.165) is 12.8 Å². The molecule has 3 aromatic rings. The Morgan fingerprint density at radius 3 is 2.59 bits per heavy atom. The number of benzene rings is 2. The van der Waals surface area contributed by atoms with Gasteiger partial charge >= 0.3 is 0 Å². The lowest BCUT2D eigenvalue weighted by atomic mass is 10.2. The van der Waals surface area contributed by atoms with E-state index >= 15 is 0 Å². The van der Waals surface area contributed by atoms with Crippen molar-refractivity contribution >= 4 is 39.0 Å². The van der Waals surface area contributed by atoms with Crippen LogP contribution in [0, 0.1) is 5.92 Å². The Kier molecular flexibility index (Phi) is 6.26. The van der Waals surface area contributed by atoms with Crippen molar-refractivity contribution < 1.29 is 13.2 Å². The topological polar surface area (TPSA) is 84.3 Å². The van der Waals surface area contributed by atoms with Crippen molar-refractivity contribution in [3.05, 3.63) is 71.4 Å². The van der Waals surface area contributed by atoms with Crippen molar-refractivity contribution in [2.24, 2.45) is 5.92 Å². The maximum atomic E-state index is 13.3. The monoisotopic (exact) mass is 472 g/mol. The Balaban J connectivity index is 1.63. The van der Waals surface area contributed by atoms with Gasteiger partial charge in [0.15, 0.2) is 0 Å². The number of hydrogen-bond acceptors (Lipinski definition) is 4. The molecule has 168 valence electrons. The highest BCUT2D eigenvalue weighted by atomic mass is 35.5. The first-order valence-electron chi connectivity index (χ1n) is 10.5. The van der Waals surface area contributed by atoms with Crippen LogP contribution in [0.15, 0.2) is 65.7 Å². The molecule has 7 nitrogen and oxygen atoms in total. The normalized spacial score (nSPS) is 14.7. The average molecular weight is 473 g/mol. The molecule has 1 heterocycles. The summed E-state index contributed by atoms with van der Waals surface area (Å²) in [5, 5.41) is 7.34. The van der Waals surface area contributed by atoms with Gasteiger partial charge in [-0.05, 0) is 62.9 Å². The minimum absolute atomic E-state index is 0.00221. The summed E-state index contributed by atoms with van der Waals surface area (Å²) in [6.07, 6.45) is 3.93. The van der Waals surface area contributed by atoms with Crippen LogP contribution in [0.2, 0.25) is 5.02 Å². The second kappa shape index (κ2) is 8.96. The lowest BCUT2D eigenvalue weighted by molar-refractivity contribution is 0.102. The third kappa shape index (κ3) is 4.38. The number of halogens is 1. The van der Waals surface area contributed by atoms with Crippen molar-refractivity contribution in [1.82, 2.24) is 9.78 Å². The highest BCUT2D eigenvalue weighted by Gasteiger charge is 2.31. The van der Waals surface area contributed by atoms with Gasteiger partial charge in [-0.15, -0.1) is 0 Å². The first kappa shape index (κ1) is 22.4. The number of carbonyl (C=O) groups is 1. The number of amides is 1. The van der Waals surface area contributed by atoms with E-state index in [0.29, 0.717) is 17.4 Å². The van der Waals surface area contributed by atoms with Crippen LogP contribution >= 0.6 is 11.6 Å². The summed E-state index contributed by atoms with van der Waals surface area (Å²) in [6.45, 7) is 4.08. The van der Waals surface area contributed by atoms with Gasteiger partial charge in [-0.3, -0.25) is 9.10 Å². The minimum Gasteiger partial charge on any atom is -0.307 e. The fraction of sp³-hybridized carbons (Fsp3) is 0.304. The SMILES string of the molecule is CCN(c1ccccc1)S(=O)(=O)c1ccc(Cl)c(C(=O)Nc2ccnn2C(C)C2CC2)c1. The third-order valence-corrected chi connectivity index (χ3v) is 7.93. The maximum absolute atomic E-state index is 13.3. The molecule has 1 unspecified atom stereocenters. The van der Waals surface area contributed by atoms with Crippen LogP contribution in [0.5, 0.6) is 0 Å². The zero-order chi connectivity index (χ0) is 22.9. The van der Waals surface area contributed by atoms with Crippen LogP contribution in [0.1, 0.15) is 43.1 Å². The first-order valence-corrected chi connectivity index (χ1v) is 12.4. The predicted molar refractivity (Wildman–Crippen MR) is 126 cm³/mol. The molecule has 9 heteroatoms. The van der Waals surface area contributed by atoms with Gasteiger partial charge in [-0.1, -0.05) is 29.8 Å². The van der Waals surface area contributed by atoms with E-state index in [1.807, 2.05) is 6.07 Å². The first-order chi connectivity index (χ1) is 15.3. The van der Waals surface area contributed by atoms with Crippen molar-refractivity contribution in [2.45, 2.75) is 37.6 Å². The van der Waals surface area contributed by atoms with Gasteiger partial charge in [-0.25, -0.2) is 13.1 Å². The smallest absolute Gasteiger partial charge is 0.264 e. The molecule has 1 fully saturated rings. The summed E-state index contributed by atoms with van der Waals surface area (Å²) in [6, 6.07) is 14.9. The highest BCUT2D eigenvalue weighted by Crippen LogP contribution is 2.40. The van der Waals surface area contributed by atoms with Gasteiger partial charge in [0, 0.05) is 12.6 Å². The molecule has 1 aromatic heterocycles. The van der Waals surface area contributed by atoms with Crippen molar-refractivity contribution in [3.63, 3.8) is 0 Å². The summed E-state index contributed by atoms with van der Waals surface area (Å²) in [7, 11) is -3.89.